The molecule has 2 unspecified atom stereocenters. The van der Waals surface area contributed by atoms with Gasteiger partial charge >= 0.3 is 0 Å². The summed E-state index contributed by atoms with van der Waals surface area (Å²) >= 11 is 0. The molecule has 1 rings (SSSR count). The van der Waals surface area contributed by atoms with Crippen LogP contribution in [-0.2, 0) is 0 Å². The Morgan fingerprint density at radius 1 is 1.56 bits per heavy atom. The number of nitrogens with two attached hydrogens (primary N) is 1. The molecule has 1 aliphatic rings. The highest BCUT2D eigenvalue weighted by molar-refractivity contribution is 4.74. The summed E-state index contributed by atoms with van der Waals surface area (Å²) in [7, 11) is 1.89. The van der Waals surface area contributed by atoms with Crippen molar-refractivity contribution in [1.29, 1.82) is 0 Å². The molecular formula is C6H14N2O. The Morgan fingerprint density at radius 3 is 2.67 bits per heavy atom. The zero-order chi connectivity index (χ0) is 6.85. The molecule has 1 fully saturated rings. The van der Waals surface area contributed by atoms with Crippen molar-refractivity contribution in [2.75, 3.05) is 13.6 Å². The van der Waals surface area contributed by atoms with Gasteiger partial charge in [0.05, 0.1) is 0 Å². The Kier molecular flexibility index (Phi) is 2.05. The molecule has 3 heteroatoms. The van der Waals surface area contributed by atoms with Crippen LogP contribution in [0.25, 0.3) is 0 Å². The van der Waals surface area contributed by atoms with E-state index in [0.717, 1.165) is 19.4 Å². The number of likely N-dealkylation sites (tertiary alicyclic amines) is 1. The van der Waals surface area contributed by atoms with Gasteiger partial charge in [0.2, 0.25) is 0 Å². The van der Waals surface area contributed by atoms with Crippen LogP contribution in [0.15, 0.2) is 0 Å². The van der Waals surface area contributed by atoms with E-state index in [1.807, 2.05) is 11.9 Å². The van der Waals surface area contributed by atoms with Crippen molar-refractivity contribution in [2.45, 2.75) is 25.1 Å². The van der Waals surface area contributed by atoms with Crippen molar-refractivity contribution in [3.05, 3.63) is 0 Å². The third-order valence-electron chi connectivity index (χ3n) is 1.83. The van der Waals surface area contributed by atoms with Gasteiger partial charge in [-0.3, -0.25) is 4.90 Å². The first kappa shape index (κ1) is 6.99. The van der Waals surface area contributed by atoms with E-state index >= 15 is 0 Å². The molecule has 9 heavy (non-hydrogen) atoms. The molecule has 2 atom stereocenters. The van der Waals surface area contributed by atoms with E-state index in [0.29, 0.717) is 0 Å². The Bertz CT molecular complexity index is 97.1. The second-order valence-corrected chi connectivity index (χ2v) is 2.76. The van der Waals surface area contributed by atoms with Crippen molar-refractivity contribution >= 4 is 0 Å². The zero-order valence-corrected chi connectivity index (χ0v) is 5.75. The maximum Gasteiger partial charge on any atom is 0.107 e. The number of rotatable bonds is 0. The Balaban J connectivity index is 2.35. The van der Waals surface area contributed by atoms with Gasteiger partial charge in [0.15, 0.2) is 0 Å². The molecule has 1 aliphatic heterocycles. The van der Waals surface area contributed by atoms with Crippen molar-refractivity contribution in [2.24, 2.45) is 5.73 Å². The minimum Gasteiger partial charge on any atom is -0.378 e. The van der Waals surface area contributed by atoms with Gasteiger partial charge in [0, 0.05) is 12.6 Å². The Labute approximate surface area is 55.5 Å². The minimum atomic E-state index is -0.259. The van der Waals surface area contributed by atoms with E-state index in [-0.39, 0.29) is 12.3 Å². The van der Waals surface area contributed by atoms with E-state index in [1.165, 1.54) is 0 Å². The number of aliphatic hydroxyl groups excluding tert-OH is 1. The van der Waals surface area contributed by atoms with E-state index in [1.54, 1.807) is 0 Å². The summed E-state index contributed by atoms with van der Waals surface area (Å²) in [5.41, 5.74) is 5.63. The monoisotopic (exact) mass is 130 g/mol. The van der Waals surface area contributed by atoms with Gasteiger partial charge in [-0.05, 0) is 19.9 Å². The molecule has 1 saturated heterocycles. The lowest BCUT2D eigenvalue weighted by Crippen LogP contribution is -2.46. The van der Waals surface area contributed by atoms with Crippen LogP contribution in [0.4, 0.5) is 0 Å². The van der Waals surface area contributed by atoms with Gasteiger partial charge in [-0.15, -0.1) is 0 Å². The summed E-state index contributed by atoms with van der Waals surface area (Å²) in [6.45, 7) is 0.821. The standard InChI is InChI=1S/C6H14N2O/c1-8-4-5(7)2-3-6(8)9/h5-6,9H,2-4,7H2,1H3. The van der Waals surface area contributed by atoms with Crippen LogP contribution >= 0.6 is 0 Å². The molecule has 0 amide bonds. The minimum absolute atomic E-state index is 0.259. The van der Waals surface area contributed by atoms with Crippen molar-refractivity contribution in [3.8, 4) is 0 Å². The van der Waals surface area contributed by atoms with E-state index in [2.05, 4.69) is 0 Å². The normalized spacial score (nSPS) is 39.0. The van der Waals surface area contributed by atoms with E-state index < -0.39 is 0 Å². The highest BCUT2D eigenvalue weighted by Crippen LogP contribution is 2.10. The molecule has 0 aliphatic carbocycles. The first-order valence-corrected chi connectivity index (χ1v) is 3.34. The molecule has 54 valence electrons. The summed E-state index contributed by atoms with van der Waals surface area (Å²) in [6, 6.07) is 0.262. The fourth-order valence-corrected chi connectivity index (χ4v) is 1.17. The maximum atomic E-state index is 9.17. The summed E-state index contributed by atoms with van der Waals surface area (Å²) in [5, 5.41) is 9.17. The van der Waals surface area contributed by atoms with Gasteiger partial charge in [-0.2, -0.15) is 0 Å². The van der Waals surface area contributed by atoms with Crippen molar-refractivity contribution in [1.82, 2.24) is 4.90 Å². The Hall–Kier alpha value is -0.120. The molecule has 3 N–H and O–H groups in total. The van der Waals surface area contributed by atoms with Gasteiger partial charge in [-0.25, -0.2) is 0 Å². The molecule has 1 heterocycles. The SMILES string of the molecule is CN1CC(N)CCC1O. The largest absolute Gasteiger partial charge is 0.378 e. The summed E-state index contributed by atoms with van der Waals surface area (Å²) < 4.78 is 0. The van der Waals surface area contributed by atoms with Crippen LogP contribution in [0.2, 0.25) is 0 Å². The Morgan fingerprint density at radius 2 is 2.22 bits per heavy atom. The highest BCUT2D eigenvalue weighted by atomic mass is 16.3. The predicted molar refractivity (Wildman–Crippen MR) is 35.8 cm³/mol. The topological polar surface area (TPSA) is 49.5 Å². The number of aliphatic hydroxyl groups is 1. The molecule has 0 aromatic heterocycles. The fraction of sp³-hybridized carbons (Fsp3) is 1.00. The highest BCUT2D eigenvalue weighted by Gasteiger charge is 2.20. The van der Waals surface area contributed by atoms with Gasteiger partial charge < -0.3 is 10.8 Å². The van der Waals surface area contributed by atoms with Crippen LogP contribution in [0.3, 0.4) is 0 Å². The zero-order valence-electron chi connectivity index (χ0n) is 5.75. The smallest absolute Gasteiger partial charge is 0.107 e. The lowest BCUT2D eigenvalue weighted by molar-refractivity contribution is -0.0118. The van der Waals surface area contributed by atoms with E-state index in [4.69, 9.17) is 10.8 Å². The third kappa shape index (κ3) is 1.64. The number of nitrogens with zero attached hydrogens (tertiary/aromatic N) is 1. The molecule has 0 spiro atoms. The second-order valence-electron chi connectivity index (χ2n) is 2.76. The van der Waals surface area contributed by atoms with Crippen LogP contribution in [0.1, 0.15) is 12.8 Å². The predicted octanol–water partition coefficient (Wildman–Crippen LogP) is -0.642. The number of hydrogen-bond donors (Lipinski definition) is 2. The summed E-state index contributed by atoms with van der Waals surface area (Å²) in [5.74, 6) is 0. The fourth-order valence-electron chi connectivity index (χ4n) is 1.17. The van der Waals surface area contributed by atoms with E-state index in [9.17, 15) is 0 Å². The summed E-state index contributed by atoms with van der Waals surface area (Å²) in [6.07, 6.45) is 1.51. The van der Waals surface area contributed by atoms with Crippen LogP contribution in [-0.4, -0.2) is 35.9 Å². The molecule has 0 aromatic rings. The molecule has 0 saturated carbocycles. The average molecular weight is 130 g/mol. The van der Waals surface area contributed by atoms with Gasteiger partial charge in [-0.1, -0.05) is 0 Å². The van der Waals surface area contributed by atoms with Crippen LogP contribution in [0.5, 0.6) is 0 Å². The molecule has 0 bridgehead atoms. The lowest BCUT2D eigenvalue weighted by Gasteiger charge is -2.31. The first-order valence-electron chi connectivity index (χ1n) is 3.34. The first-order chi connectivity index (χ1) is 4.20. The van der Waals surface area contributed by atoms with Crippen LogP contribution in [0, 0.1) is 0 Å². The third-order valence-corrected chi connectivity index (χ3v) is 1.83. The molecule has 0 radical (unpaired) electrons. The molecule has 3 nitrogen and oxygen atoms in total. The number of piperidine rings is 1. The molecular weight excluding hydrogens is 116 g/mol. The number of likely N-dealkylation sites (N-methyl/N-ethyl adjacent to an activating group) is 1. The average Bonchev–Trinajstić information content (AvgIpc) is 1.80. The second kappa shape index (κ2) is 2.64. The van der Waals surface area contributed by atoms with Crippen molar-refractivity contribution < 1.29 is 5.11 Å². The van der Waals surface area contributed by atoms with Gasteiger partial charge in [0.1, 0.15) is 6.23 Å². The summed E-state index contributed by atoms with van der Waals surface area (Å²) in [4.78, 5) is 1.88. The maximum absolute atomic E-state index is 9.17. The van der Waals surface area contributed by atoms with Gasteiger partial charge in [0.25, 0.3) is 0 Å². The van der Waals surface area contributed by atoms with Crippen LogP contribution < -0.4 is 5.73 Å². The number of hydrogen-bond acceptors (Lipinski definition) is 3. The lowest BCUT2D eigenvalue weighted by atomic mass is 10.1. The molecule has 0 aromatic carbocycles. The van der Waals surface area contributed by atoms with Crippen molar-refractivity contribution in [3.63, 3.8) is 0 Å². The quantitative estimate of drug-likeness (QED) is 0.458.